The molecule has 0 radical (unpaired) electrons. The summed E-state index contributed by atoms with van der Waals surface area (Å²) in [4.78, 5) is 42.3. The molecule has 0 saturated heterocycles. The lowest BCUT2D eigenvalue weighted by Crippen LogP contribution is -2.33. The summed E-state index contributed by atoms with van der Waals surface area (Å²) in [5.41, 5.74) is 10.8. The van der Waals surface area contributed by atoms with E-state index in [2.05, 4.69) is 200 Å². The molecule has 8 nitrogen and oxygen atoms in total. The summed E-state index contributed by atoms with van der Waals surface area (Å²) < 4.78 is 2.10. The maximum Gasteiger partial charge on any atom is 0.221 e. The summed E-state index contributed by atoms with van der Waals surface area (Å²) >= 11 is 0. The Labute approximate surface area is 403 Å². The maximum absolute atomic E-state index is 14.5. The normalized spacial score (nSPS) is 15.5. The number of rotatable bonds is 8. The first-order valence-electron chi connectivity index (χ1n) is 23.4. The quantitative estimate of drug-likeness (QED) is 0.119. The molecule has 7 rings (SSSR count). The second-order valence-corrected chi connectivity index (χ2v) is 22.1. The molecular weight excluding hydrogens is 841 g/mol. The third-order valence-electron chi connectivity index (χ3n) is 12.6. The molecule has 2 N–H and O–H groups in total. The van der Waals surface area contributed by atoms with E-state index in [1.807, 2.05) is 24.3 Å². The van der Waals surface area contributed by atoms with E-state index in [0.717, 1.165) is 34.1 Å². The lowest BCUT2D eigenvalue weighted by Gasteiger charge is -2.34. The highest BCUT2D eigenvalue weighted by Crippen LogP contribution is 2.45. The number of allylic oxidation sites excluding steroid dienone is 5. The van der Waals surface area contributed by atoms with Crippen LogP contribution < -0.4 is 25.2 Å². The molecule has 0 saturated carbocycles. The van der Waals surface area contributed by atoms with Crippen molar-refractivity contribution in [2.75, 3.05) is 10.2 Å². The largest absolute Gasteiger partial charge is 0.871 e. The average Bonchev–Trinajstić information content (AvgIpc) is 3.25. The third kappa shape index (κ3) is 10.2. The molecule has 0 spiro atoms. The van der Waals surface area contributed by atoms with E-state index in [9.17, 15) is 19.5 Å². The predicted molar refractivity (Wildman–Crippen MR) is 280 cm³/mol. The highest BCUT2D eigenvalue weighted by molar-refractivity contribution is 6.40. The van der Waals surface area contributed by atoms with Crippen molar-refractivity contribution in [3.63, 3.8) is 0 Å². The van der Waals surface area contributed by atoms with Crippen LogP contribution in [0.4, 0.5) is 34.1 Å². The summed E-state index contributed by atoms with van der Waals surface area (Å²) in [5, 5.41) is 20.3. The fourth-order valence-corrected chi connectivity index (χ4v) is 8.58. The Kier molecular flexibility index (Phi) is 13.1. The van der Waals surface area contributed by atoms with Gasteiger partial charge < -0.3 is 20.6 Å². The van der Waals surface area contributed by atoms with Gasteiger partial charge in [0, 0.05) is 89.6 Å². The van der Waals surface area contributed by atoms with Gasteiger partial charge in [0.2, 0.25) is 28.9 Å². The highest BCUT2D eigenvalue weighted by Gasteiger charge is 2.35. The smallest absolute Gasteiger partial charge is 0.221 e. The van der Waals surface area contributed by atoms with E-state index in [1.54, 1.807) is 12.1 Å². The molecule has 0 unspecified atom stereocenters. The van der Waals surface area contributed by atoms with Crippen LogP contribution in [0.25, 0.3) is 5.57 Å². The van der Waals surface area contributed by atoms with Gasteiger partial charge >= 0.3 is 0 Å². The van der Waals surface area contributed by atoms with E-state index in [1.165, 1.54) is 36.1 Å². The minimum Gasteiger partial charge on any atom is -0.871 e. The number of carbonyl (C=O) groups excluding carboxylic acids is 3. The number of ketones is 1. The third-order valence-corrected chi connectivity index (χ3v) is 12.6. The Hall–Kier alpha value is -7.06. The number of hydrogen-bond acceptors (Lipinski definition) is 5. The number of benzene rings is 5. The number of amides is 2. The molecular formula is C60H66N4O4. The number of hydrogen-bond donors (Lipinski definition) is 2. The lowest BCUT2D eigenvalue weighted by atomic mass is 9.78. The Morgan fingerprint density at radius 3 is 1.29 bits per heavy atom. The molecule has 0 heterocycles. The Morgan fingerprint density at radius 1 is 0.515 bits per heavy atom. The van der Waals surface area contributed by atoms with Gasteiger partial charge in [-0.15, -0.1) is 0 Å². The van der Waals surface area contributed by atoms with Gasteiger partial charge in [-0.2, -0.15) is 4.58 Å². The first-order chi connectivity index (χ1) is 31.7. The number of nitrogens with zero attached hydrogens (tertiary/aromatic N) is 2. The molecule has 68 heavy (non-hydrogen) atoms. The van der Waals surface area contributed by atoms with Gasteiger partial charge in [-0.3, -0.25) is 14.4 Å². The van der Waals surface area contributed by atoms with Gasteiger partial charge in [0.25, 0.3) is 0 Å². The van der Waals surface area contributed by atoms with Gasteiger partial charge in [-0.25, -0.2) is 0 Å². The zero-order valence-electron chi connectivity index (χ0n) is 42.2. The van der Waals surface area contributed by atoms with Crippen molar-refractivity contribution in [3.8, 4) is 0 Å². The van der Waals surface area contributed by atoms with Crippen LogP contribution in [0.3, 0.4) is 0 Å². The number of carbonyl (C=O) groups is 3. The van der Waals surface area contributed by atoms with Gasteiger partial charge in [0.15, 0.2) is 5.78 Å². The van der Waals surface area contributed by atoms with Crippen molar-refractivity contribution in [3.05, 3.63) is 184 Å². The molecule has 0 aromatic heterocycles. The van der Waals surface area contributed by atoms with Gasteiger partial charge in [0.05, 0.1) is 11.4 Å². The van der Waals surface area contributed by atoms with Gasteiger partial charge in [-0.05, 0) is 86.4 Å². The molecule has 5 aromatic rings. The Balaban J connectivity index is 1.35. The SMILES string of the molecule is CC(=O)NC1=CC(=[N+](c2ccc(C(C)(C)C)cc2)c2ccc(C(C)(C)C)cc2)C=CC1=C1C(=O)C(c2ccc(N(c3ccc(C(C)(C)C)cc3)c3ccc(C(C)(C)C)cc3)cc2NC(C)=O)=C1[O-]. The van der Waals surface area contributed by atoms with Crippen LogP contribution in [0.2, 0.25) is 0 Å². The molecule has 0 fully saturated rings. The summed E-state index contributed by atoms with van der Waals surface area (Å²) in [7, 11) is 0. The average molecular weight is 907 g/mol. The monoisotopic (exact) mass is 907 g/mol. The van der Waals surface area contributed by atoms with Crippen molar-refractivity contribution in [1.29, 1.82) is 0 Å². The summed E-state index contributed by atoms with van der Waals surface area (Å²) in [5.74, 6) is -1.66. The fraction of sp³-hybridized carbons (Fsp3) is 0.300. The molecule has 0 bridgehead atoms. The van der Waals surface area contributed by atoms with Crippen molar-refractivity contribution < 1.29 is 19.5 Å². The Bertz CT molecular complexity index is 2840. The summed E-state index contributed by atoms with van der Waals surface area (Å²) in [6.07, 6.45) is 5.41. The van der Waals surface area contributed by atoms with Crippen LogP contribution in [0.1, 0.15) is 125 Å². The van der Waals surface area contributed by atoms with Crippen LogP contribution in [0.15, 0.2) is 156 Å². The van der Waals surface area contributed by atoms with E-state index >= 15 is 0 Å². The topological polar surface area (TPSA) is 105 Å². The van der Waals surface area contributed by atoms with Crippen molar-refractivity contribution in [2.45, 2.75) is 119 Å². The van der Waals surface area contributed by atoms with E-state index in [4.69, 9.17) is 0 Å². The number of anilines is 4. The van der Waals surface area contributed by atoms with Crippen LogP contribution >= 0.6 is 0 Å². The van der Waals surface area contributed by atoms with Crippen molar-refractivity contribution in [1.82, 2.24) is 9.89 Å². The molecule has 8 heteroatoms. The van der Waals surface area contributed by atoms with Crippen LogP contribution in [-0.2, 0) is 36.0 Å². The summed E-state index contributed by atoms with van der Waals surface area (Å²) in [6.45, 7) is 28.9. The van der Waals surface area contributed by atoms with Crippen molar-refractivity contribution in [2.24, 2.45) is 0 Å². The standard InChI is InChI=1S/C60H66N4O4/c1-37(65)61-51-35-47(63(43-23-15-39(16-24-43)57(3,4)5)44-25-17-40(18-26-44)58(6,7)8)31-33-49(51)53-55(67)54(56(53)68)50-34-32-48(36-52(50)62-38(2)66)64(45-27-19-41(20-28-45)59(9,10)11)46-29-21-42(22-30-46)60(12,13)14/h15-36H,1-14H3,(H2,61,62,65,66,67,68). The van der Waals surface area contributed by atoms with E-state index < -0.39 is 11.5 Å². The van der Waals surface area contributed by atoms with E-state index in [0.29, 0.717) is 22.5 Å². The zero-order valence-corrected chi connectivity index (χ0v) is 42.2. The molecule has 2 aliphatic rings. The Morgan fingerprint density at radius 2 is 0.912 bits per heavy atom. The molecule has 2 aliphatic carbocycles. The van der Waals surface area contributed by atoms with Gasteiger partial charge in [0.1, 0.15) is 0 Å². The zero-order chi connectivity index (χ0) is 49.7. The minimum absolute atomic E-state index is 0.0386. The molecule has 0 aliphatic heterocycles. The van der Waals surface area contributed by atoms with Gasteiger partial charge in [-0.1, -0.05) is 143 Å². The van der Waals surface area contributed by atoms with E-state index in [-0.39, 0.29) is 44.6 Å². The first kappa shape index (κ1) is 48.9. The fourth-order valence-electron chi connectivity index (χ4n) is 8.58. The predicted octanol–water partition coefficient (Wildman–Crippen LogP) is 12.8. The molecule has 5 aromatic carbocycles. The van der Waals surface area contributed by atoms with Crippen molar-refractivity contribution >= 4 is 63.0 Å². The molecule has 2 amide bonds. The highest BCUT2D eigenvalue weighted by atomic mass is 16.3. The molecule has 350 valence electrons. The second-order valence-electron chi connectivity index (χ2n) is 22.1. The summed E-state index contributed by atoms with van der Waals surface area (Å²) in [6, 6.07) is 39.1. The van der Waals surface area contributed by atoms with Crippen LogP contribution in [-0.4, -0.2) is 23.3 Å². The second kappa shape index (κ2) is 18.2. The number of Topliss-reactive ketones (excluding diaryl/α,β-unsaturated/α-hetero) is 1. The maximum atomic E-state index is 14.5. The van der Waals surface area contributed by atoms with Crippen LogP contribution in [0.5, 0.6) is 0 Å². The number of nitrogens with one attached hydrogen (secondary N) is 2. The van der Waals surface area contributed by atoms with Crippen LogP contribution in [0, 0.1) is 0 Å². The minimum atomic E-state index is -0.478. The lowest BCUT2D eigenvalue weighted by molar-refractivity contribution is -0.297. The molecule has 0 atom stereocenters. The first-order valence-corrected chi connectivity index (χ1v) is 23.4.